The molecule has 0 fully saturated rings. The number of aromatic nitrogens is 1. The second-order valence-electron chi connectivity index (χ2n) is 2.18. The summed E-state index contributed by atoms with van der Waals surface area (Å²) in [5, 5.41) is 10.2. The third-order valence-corrected chi connectivity index (χ3v) is 1.31. The van der Waals surface area contributed by atoms with Crippen LogP contribution in [0.2, 0.25) is 0 Å². The summed E-state index contributed by atoms with van der Waals surface area (Å²) in [7, 11) is 0. The number of hydrogen-bond acceptors (Lipinski definition) is 3. The summed E-state index contributed by atoms with van der Waals surface area (Å²) in [5.41, 5.74) is 2.94. The fourth-order valence-corrected chi connectivity index (χ4v) is 0.762. The van der Waals surface area contributed by atoms with Crippen LogP contribution in [0.3, 0.4) is 0 Å². The van der Waals surface area contributed by atoms with Gasteiger partial charge in [-0.3, -0.25) is 14.8 Å². The van der Waals surface area contributed by atoms with Gasteiger partial charge < -0.3 is 5.43 Å². The van der Waals surface area contributed by atoms with Gasteiger partial charge in [0.25, 0.3) is 5.69 Å². The number of nitrogens with one attached hydrogen (secondary N) is 1. The van der Waals surface area contributed by atoms with E-state index in [9.17, 15) is 10.1 Å². The smallest absolute Gasteiger partial charge is 0.288 e. The highest BCUT2D eigenvalue weighted by Gasteiger charge is 2.05. The third kappa shape index (κ3) is 1.85. The molecule has 0 aliphatic heterocycles. The van der Waals surface area contributed by atoms with Crippen molar-refractivity contribution in [2.75, 3.05) is 12.0 Å². The average Bonchev–Trinajstić information content (AvgIpc) is 2.48. The van der Waals surface area contributed by atoms with E-state index in [1.165, 1.54) is 16.9 Å². The molecule has 0 radical (unpaired) electrons. The molecule has 0 amide bonds. The summed E-state index contributed by atoms with van der Waals surface area (Å²) in [6, 6.07) is 1.43. The average molecular weight is 167 g/mol. The van der Waals surface area contributed by atoms with Crippen LogP contribution in [0.1, 0.15) is 0 Å². The van der Waals surface area contributed by atoms with Gasteiger partial charge in [-0.15, -0.1) is 6.58 Å². The van der Waals surface area contributed by atoms with Gasteiger partial charge in [-0.1, -0.05) is 6.08 Å². The first-order valence-corrected chi connectivity index (χ1v) is 3.41. The molecule has 0 aliphatic carbocycles. The van der Waals surface area contributed by atoms with Crippen molar-refractivity contribution in [3.8, 4) is 0 Å². The van der Waals surface area contributed by atoms with E-state index in [-0.39, 0.29) is 5.69 Å². The minimum Gasteiger partial charge on any atom is -0.322 e. The van der Waals surface area contributed by atoms with E-state index in [2.05, 4.69) is 12.0 Å². The lowest BCUT2D eigenvalue weighted by atomic mass is 10.6. The molecule has 0 saturated carbocycles. The van der Waals surface area contributed by atoms with E-state index in [0.29, 0.717) is 6.54 Å². The predicted octanol–water partition coefficient (Wildman–Crippen LogP) is 1.13. The van der Waals surface area contributed by atoms with E-state index in [0.717, 1.165) is 0 Å². The molecular formula is C7H9N3O2. The van der Waals surface area contributed by atoms with Crippen molar-refractivity contribution in [2.24, 2.45) is 0 Å². The Hall–Kier alpha value is -1.78. The molecule has 0 bridgehead atoms. The fraction of sp³-hybridized carbons (Fsp3) is 0.143. The molecule has 5 nitrogen and oxygen atoms in total. The maximum Gasteiger partial charge on any atom is 0.288 e. The van der Waals surface area contributed by atoms with E-state index >= 15 is 0 Å². The normalized spacial score (nSPS) is 9.33. The third-order valence-electron chi connectivity index (χ3n) is 1.31. The van der Waals surface area contributed by atoms with Crippen molar-refractivity contribution in [1.82, 2.24) is 4.68 Å². The van der Waals surface area contributed by atoms with Crippen LogP contribution in [-0.4, -0.2) is 16.1 Å². The zero-order chi connectivity index (χ0) is 8.97. The molecule has 1 N–H and O–H groups in total. The zero-order valence-electron chi connectivity index (χ0n) is 6.43. The minimum atomic E-state index is -0.438. The highest BCUT2D eigenvalue weighted by molar-refractivity contribution is 5.26. The van der Waals surface area contributed by atoms with Crippen molar-refractivity contribution >= 4 is 5.69 Å². The number of rotatable bonds is 4. The van der Waals surface area contributed by atoms with Gasteiger partial charge in [0.1, 0.15) is 6.20 Å². The Labute approximate surface area is 69.4 Å². The van der Waals surface area contributed by atoms with Gasteiger partial charge in [-0.05, 0) is 0 Å². The van der Waals surface area contributed by atoms with Gasteiger partial charge in [-0.25, -0.2) is 0 Å². The lowest BCUT2D eigenvalue weighted by Gasteiger charge is -2.01. The van der Waals surface area contributed by atoms with E-state index in [1.54, 1.807) is 12.3 Å². The van der Waals surface area contributed by atoms with Crippen LogP contribution < -0.4 is 5.43 Å². The Balaban J connectivity index is 2.64. The Bertz CT molecular complexity index is 293. The van der Waals surface area contributed by atoms with Crippen molar-refractivity contribution in [3.63, 3.8) is 0 Å². The summed E-state index contributed by atoms with van der Waals surface area (Å²) in [5.74, 6) is 0. The van der Waals surface area contributed by atoms with Crippen LogP contribution in [0, 0.1) is 10.1 Å². The molecule has 0 atom stereocenters. The monoisotopic (exact) mass is 167 g/mol. The zero-order valence-corrected chi connectivity index (χ0v) is 6.43. The molecule has 1 rings (SSSR count). The lowest BCUT2D eigenvalue weighted by molar-refractivity contribution is -0.384. The molecule has 1 aromatic heterocycles. The van der Waals surface area contributed by atoms with Gasteiger partial charge >= 0.3 is 0 Å². The highest BCUT2D eigenvalue weighted by atomic mass is 16.6. The summed E-state index contributed by atoms with van der Waals surface area (Å²) in [6.45, 7) is 4.08. The van der Waals surface area contributed by atoms with Crippen LogP contribution in [0.4, 0.5) is 5.69 Å². The summed E-state index contributed by atoms with van der Waals surface area (Å²) >= 11 is 0. The standard InChI is InChI=1S/C7H9N3O2/c1-2-4-8-9-5-3-7(6-9)10(11)12/h2-3,5-6,8H,1,4H2. The lowest BCUT2D eigenvalue weighted by Crippen LogP contribution is -2.11. The largest absolute Gasteiger partial charge is 0.322 e. The van der Waals surface area contributed by atoms with Gasteiger partial charge in [0, 0.05) is 18.8 Å². The van der Waals surface area contributed by atoms with Crippen LogP contribution >= 0.6 is 0 Å². The summed E-state index contributed by atoms with van der Waals surface area (Å²) in [6.07, 6.45) is 4.66. The Morgan fingerprint density at radius 1 is 1.83 bits per heavy atom. The van der Waals surface area contributed by atoms with Crippen LogP contribution in [0.5, 0.6) is 0 Å². The molecule has 0 saturated heterocycles. The van der Waals surface area contributed by atoms with Crippen LogP contribution in [0.25, 0.3) is 0 Å². The number of nitrogens with zero attached hydrogens (tertiary/aromatic N) is 2. The number of hydrogen-bond donors (Lipinski definition) is 1. The molecule has 12 heavy (non-hydrogen) atoms. The molecular weight excluding hydrogens is 158 g/mol. The van der Waals surface area contributed by atoms with Crippen LogP contribution in [0.15, 0.2) is 31.1 Å². The molecule has 0 aromatic carbocycles. The Morgan fingerprint density at radius 2 is 2.58 bits per heavy atom. The topological polar surface area (TPSA) is 60.1 Å². The molecule has 1 heterocycles. The maximum atomic E-state index is 10.2. The molecule has 64 valence electrons. The quantitative estimate of drug-likeness (QED) is 0.415. The first kappa shape index (κ1) is 8.32. The van der Waals surface area contributed by atoms with E-state index in [1.807, 2.05) is 0 Å². The second-order valence-corrected chi connectivity index (χ2v) is 2.18. The maximum absolute atomic E-state index is 10.2. The SMILES string of the molecule is C=CCNn1ccc([N+](=O)[O-])c1. The predicted molar refractivity (Wildman–Crippen MR) is 45.5 cm³/mol. The van der Waals surface area contributed by atoms with Gasteiger partial charge in [0.2, 0.25) is 0 Å². The van der Waals surface area contributed by atoms with Gasteiger partial charge in [0.05, 0.1) is 4.92 Å². The van der Waals surface area contributed by atoms with E-state index < -0.39 is 4.92 Å². The molecule has 0 unspecified atom stereocenters. The van der Waals surface area contributed by atoms with Crippen molar-refractivity contribution in [1.29, 1.82) is 0 Å². The van der Waals surface area contributed by atoms with Crippen molar-refractivity contribution in [3.05, 3.63) is 41.2 Å². The molecule has 0 spiro atoms. The molecule has 0 aliphatic rings. The van der Waals surface area contributed by atoms with Crippen LogP contribution in [-0.2, 0) is 0 Å². The Morgan fingerprint density at radius 3 is 3.08 bits per heavy atom. The van der Waals surface area contributed by atoms with Gasteiger partial charge in [0.15, 0.2) is 0 Å². The van der Waals surface area contributed by atoms with E-state index in [4.69, 9.17) is 0 Å². The molecule has 1 aromatic rings. The van der Waals surface area contributed by atoms with Gasteiger partial charge in [-0.2, -0.15) is 0 Å². The minimum absolute atomic E-state index is 0.0755. The first-order chi connectivity index (χ1) is 5.74. The van der Waals surface area contributed by atoms with Crippen molar-refractivity contribution < 1.29 is 4.92 Å². The summed E-state index contributed by atoms with van der Waals surface area (Å²) < 4.78 is 1.53. The number of nitro groups is 1. The Kier molecular flexibility index (Phi) is 2.47. The fourth-order valence-electron chi connectivity index (χ4n) is 0.762. The second kappa shape index (κ2) is 3.56. The van der Waals surface area contributed by atoms with Crippen molar-refractivity contribution in [2.45, 2.75) is 0 Å². The summed E-state index contributed by atoms with van der Waals surface area (Å²) in [4.78, 5) is 9.79. The highest BCUT2D eigenvalue weighted by Crippen LogP contribution is 2.08. The molecule has 5 heteroatoms. The first-order valence-electron chi connectivity index (χ1n) is 3.41.